The molecule has 7 heteroatoms. The number of hydrogen-bond acceptors (Lipinski definition) is 4. The fraction of sp³-hybridized carbons (Fsp3) is 0.571. The highest BCUT2D eigenvalue weighted by atomic mass is 35.5. The van der Waals surface area contributed by atoms with Gasteiger partial charge in [-0.15, -0.1) is 0 Å². The molecule has 0 unspecified atom stereocenters. The Bertz CT molecular complexity index is 904. The van der Waals surface area contributed by atoms with Crippen LogP contribution in [0.25, 0.3) is 10.9 Å². The molecule has 0 aliphatic heterocycles. The number of thioether (sulfide) groups is 1. The Hall–Kier alpha value is -1.53. The number of halogens is 1. The first-order valence-electron chi connectivity index (χ1n) is 10.1. The van der Waals surface area contributed by atoms with E-state index in [4.69, 9.17) is 11.6 Å². The van der Waals surface area contributed by atoms with E-state index in [0.29, 0.717) is 21.1 Å². The first-order valence-corrected chi connectivity index (χ1v) is 11.3. The summed E-state index contributed by atoms with van der Waals surface area (Å²) in [7, 11) is 0. The zero-order valence-electron chi connectivity index (χ0n) is 16.7. The van der Waals surface area contributed by atoms with Crippen molar-refractivity contribution in [2.75, 3.05) is 0 Å². The lowest BCUT2D eigenvalue weighted by atomic mass is 10.1. The molecule has 1 saturated carbocycles. The van der Waals surface area contributed by atoms with Crippen molar-refractivity contribution in [1.29, 1.82) is 0 Å². The van der Waals surface area contributed by atoms with E-state index in [1.54, 1.807) is 22.8 Å². The molecule has 152 valence electrons. The number of aromatic nitrogens is 2. The van der Waals surface area contributed by atoms with Gasteiger partial charge in [0.15, 0.2) is 5.16 Å². The van der Waals surface area contributed by atoms with Crippen molar-refractivity contribution < 1.29 is 4.79 Å². The fourth-order valence-corrected chi connectivity index (χ4v) is 4.86. The molecule has 1 aliphatic carbocycles. The molecule has 1 fully saturated rings. The van der Waals surface area contributed by atoms with Gasteiger partial charge in [-0.25, -0.2) is 4.98 Å². The number of carbonyl (C=O) groups excluding carboxylic acids is 1. The Balaban J connectivity index is 1.84. The van der Waals surface area contributed by atoms with Gasteiger partial charge in [-0.3, -0.25) is 14.2 Å². The molecule has 1 N–H and O–H groups in total. The zero-order chi connectivity index (χ0) is 20.3. The van der Waals surface area contributed by atoms with E-state index in [1.165, 1.54) is 37.4 Å². The average molecular weight is 422 g/mol. The normalized spacial score (nSPS) is 16.9. The van der Waals surface area contributed by atoms with E-state index < -0.39 is 0 Å². The van der Waals surface area contributed by atoms with Crippen molar-refractivity contribution in [2.45, 2.75) is 81.8 Å². The Morgan fingerprint density at radius 2 is 1.89 bits per heavy atom. The number of nitrogens with zero attached hydrogens (tertiary/aromatic N) is 2. The first-order chi connectivity index (χ1) is 13.4. The Morgan fingerprint density at radius 1 is 1.21 bits per heavy atom. The van der Waals surface area contributed by atoms with Crippen LogP contribution in [0.4, 0.5) is 0 Å². The quantitative estimate of drug-likeness (QED) is 0.421. The number of rotatable bonds is 5. The number of nitrogens with one attached hydrogen (secondary N) is 1. The topological polar surface area (TPSA) is 64.0 Å². The average Bonchev–Trinajstić information content (AvgIpc) is 2.89. The summed E-state index contributed by atoms with van der Waals surface area (Å²) < 4.78 is 1.66. The molecule has 0 spiro atoms. The van der Waals surface area contributed by atoms with Gasteiger partial charge in [-0.2, -0.15) is 0 Å². The van der Waals surface area contributed by atoms with Crippen LogP contribution >= 0.6 is 23.4 Å². The molecular weight excluding hydrogens is 394 g/mol. The van der Waals surface area contributed by atoms with Gasteiger partial charge in [0.2, 0.25) is 5.91 Å². The third-order valence-corrected chi connectivity index (χ3v) is 6.50. The predicted molar refractivity (Wildman–Crippen MR) is 116 cm³/mol. The molecule has 1 heterocycles. The Morgan fingerprint density at radius 3 is 2.54 bits per heavy atom. The first kappa shape index (κ1) is 21.2. The molecule has 1 aliphatic rings. The van der Waals surface area contributed by atoms with E-state index in [-0.39, 0.29) is 28.8 Å². The van der Waals surface area contributed by atoms with Gasteiger partial charge in [0.1, 0.15) is 0 Å². The monoisotopic (exact) mass is 421 g/mol. The maximum atomic E-state index is 13.0. The van der Waals surface area contributed by atoms with Crippen molar-refractivity contribution in [3.05, 3.63) is 33.6 Å². The van der Waals surface area contributed by atoms with Gasteiger partial charge < -0.3 is 5.32 Å². The maximum absolute atomic E-state index is 13.0. The summed E-state index contributed by atoms with van der Waals surface area (Å²) >= 11 is 7.42. The van der Waals surface area contributed by atoms with E-state index >= 15 is 0 Å². The lowest BCUT2D eigenvalue weighted by molar-refractivity contribution is -0.121. The SMILES string of the molecule is CC(C)n1c(S[C@@H](C)C(=O)NC2CCCCCC2)nc2cc(Cl)ccc2c1=O. The van der Waals surface area contributed by atoms with Gasteiger partial charge in [0.05, 0.1) is 16.2 Å². The van der Waals surface area contributed by atoms with Crippen LogP contribution in [0.5, 0.6) is 0 Å². The molecule has 3 rings (SSSR count). The summed E-state index contributed by atoms with van der Waals surface area (Å²) in [5, 5.41) is 4.49. The van der Waals surface area contributed by atoms with Crippen LogP contribution in [-0.2, 0) is 4.79 Å². The van der Waals surface area contributed by atoms with E-state index in [2.05, 4.69) is 10.3 Å². The number of benzene rings is 1. The Labute approximate surface area is 175 Å². The molecule has 0 radical (unpaired) electrons. The second-order valence-electron chi connectivity index (χ2n) is 7.78. The zero-order valence-corrected chi connectivity index (χ0v) is 18.3. The molecular formula is C21H28ClN3O2S. The molecule has 1 aromatic carbocycles. The standard InChI is InChI=1S/C21H28ClN3O2S/c1-13(2)25-20(27)17-11-10-15(22)12-18(17)24-21(25)28-14(3)19(26)23-16-8-6-4-5-7-9-16/h10-14,16H,4-9H2,1-3H3,(H,23,26)/t14-/m0/s1. The fourth-order valence-electron chi connectivity index (χ4n) is 3.64. The Kier molecular flexibility index (Phi) is 7.05. The van der Waals surface area contributed by atoms with Crippen LogP contribution < -0.4 is 10.9 Å². The third-order valence-electron chi connectivity index (χ3n) is 5.20. The minimum absolute atomic E-state index is 0.00708. The summed E-state index contributed by atoms with van der Waals surface area (Å²) in [5.41, 5.74) is 0.462. The lowest BCUT2D eigenvalue weighted by Crippen LogP contribution is -2.39. The highest BCUT2D eigenvalue weighted by Gasteiger charge is 2.23. The van der Waals surface area contributed by atoms with Crippen molar-refractivity contribution >= 4 is 40.2 Å². The van der Waals surface area contributed by atoms with E-state index in [0.717, 1.165) is 12.8 Å². The minimum atomic E-state index is -0.336. The molecule has 5 nitrogen and oxygen atoms in total. The number of fused-ring (bicyclic) bond motifs is 1. The van der Waals surface area contributed by atoms with Gasteiger partial charge in [0.25, 0.3) is 5.56 Å². The predicted octanol–water partition coefficient (Wildman–Crippen LogP) is 4.95. The molecule has 1 atom stereocenters. The van der Waals surface area contributed by atoms with Crippen LogP contribution in [0.1, 0.15) is 65.3 Å². The maximum Gasteiger partial charge on any atom is 0.262 e. The molecule has 2 aromatic rings. The van der Waals surface area contributed by atoms with Crippen LogP contribution in [0.3, 0.4) is 0 Å². The summed E-state index contributed by atoms with van der Waals surface area (Å²) in [6, 6.07) is 5.31. The van der Waals surface area contributed by atoms with Crippen molar-refractivity contribution in [2.24, 2.45) is 0 Å². The lowest BCUT2D eigenvalue weighted by Gasteiger charge is -2.21. The molecule has 1 aromatic heterocycles. The summed E-state index contributed by atoms with van der Waals surface area (Å²) in [4.78, 5) is 30.4. The van der Waals surface area contributed by atoms with Gasteiger partial charge in [-0.1, -0.05) is 49.0 Å². The number of carbonyl (C=O) groups is 1. The molecule has 0 bridgehead atoms. The summed E-state index contributed by atoms with van der Waals surface area (Å²) in [6.45, 7) is 5.77. The van der Waals surface area contributed by atoms with Crippen LogP contribution in [0, 0.1) is 0 Å². The van der Waals surface area contributed by atoms with Crippen molar-refractivity contribution in [3.8, 4) is 0 Å². The minimum Gasteiger partial charge on any atom is -0.352 e. The highest BCUT2D eigenvalue weighted by Crippen LogP contribution is 2.26. The van der Waals surface area contributed by atoms with Gasteiger partial charge in [0, 0.05) is 17.1 Å². The van der Waals surface area contributed by atoms with Crippen molar-refractivity contribution in [1.82, 2.24) is 14.9 Å². The largest absolute Gasteiger partial charge is 0.352 e. The third kappa shape index (κ3) is 4.90. The molecule has 1 amide bonds. The van der Waals surface area contributed by atoms with Gasteiger partial charge in [-0.05, 0) is 51.8 Å². The smallest absolute Gasteiger partial charge is 0.262 e. The van der Waals surface area contributed by atoms with Crippen LogP contribution in [0.15, 0.2) is 28.2 Å². The van der Waals surface area contributed by atoms with E-state index in [1.807, 2.05) is 20.8 Å². The van der Waals surface area contributed by atoms with E-state index in [9.17, 15) is 9.59 Å². The summed E-state index contributed by atoms with van der Waals surface area (Å²) in [6.07, 6.45) is 6.94. The van der Waals surface area contributed by atoms with Gasteiger partial charge >= 0.3 is 0 Å². The summed E-state index contributed by atoms with van der Waals surface area (Å²) in [5.74, 6) is 0.00708. The molecule has 28 heavy (non-hydrogen) atoms. The molecule has 0 saturated heterocycles. The second-order valence-corrected chi connectivity index (χ2v) is 9.53. The van der Waals surface area contributed by atoms with Crippen LogP contribution in [-0.4, -0.2) is 26.8 Å². The second kappa shape index (κ2) is 9.31. The van der Waals surface area contributed by atoms with Crippen molar-refractivity contribution in [3.63, 3.8) is 0 Å². The highest BCUT2D eigenvalue weighted by molar-refractivity contribution is 8.00. The number of hydrogen-bond donors (Lipinski definition) is 1. The van der Waals surface area contributed by atoms with Crippen LogP contribution in [0.2, 0.25) is 5.02 Å². The number of amides is 1.